The molecule has 0 atom stereocenters. The van der Waals surface area contributed by atoms with E-state index in [-0.39, 0.29) is 29.8 Å². The van der Waals surface area contributed by atoms with Gasteiger partial charge in [0.05, 0.1) is 6.54 Å². The molecule has 1 aliphatic rings. The Morgan fingerprint density at radius 2 is 2.07 bits per heavy atom. The first-order valence-corrected chi connectivity index (χ1v) is 9.61. The van der Waals surface area contributed by atoms with Gasteiger partial charge in [0.1, 0.15) is 5.82 Å². The Morgan fingerprint density at radius 1 is 1.30 bits per heavy atom. The minimum atomic E-state index is -0.177. The fourth-order valence-corrected chi connectivity index (χ4v) is 2.86. The normalized spacial score (nSPS) is 15.3. The number of hydrogen-bond acceptors (Lipinski definition) is 3. The van der Waals surface area contributed by atoms with Gasteiger partial charge in [0.15, 0.2) is 5.96 Å². The quantitative estimate of drug-likeness (QED) is 0.239. The average molecular weight is 493 g/mol. The third-order valence-corrected chi connectivity index (χ3v) is 4.44. The monoisotopic (exact) mass is 493 g/mol. The van der Waals surface area contributed by atoms with Gasteiger partial charge in [0.2, 0.25) is 0 Å². The summed E-state index contributed by atoms with van der Waals surface area (Å²) in [5.74, 6) is 1.25. The number of aryl methyl sites for hydroxylation is 1. The molecule has 0 bridgehead atoms. The second-order valence-electron chi connectivity index (χ2n) is 6.69. The summed E-state index contributed by atoms with van der Waals surface area (Å²) in [6, 6.07) is 5.11. The molecule has 5 nitrogen and oxygen atoms in total. The van der Waals surface area contributed by atoms with Gasteiger partial charge in [-0.15, -0.1) is 24.0 Å². The molecule has 0 spiro atoms. The van der Waals surface area contributed by atoms with Gasteiger partial charge < -0.3 is 20.1 Å². The van der Waals surface area contributed by atoms with Crippen LogP contribution in [-0.2, 0) is 16.0 Å². The third kappa shape index (κ3) is 9.71. The maximum absolute atomic E-state index is 13.3. The molecule has 1 aromatic rings. The van der Waals surface area contributed by atoms with Crippen LogP contribution in [0.25, 0.3) is 0 Å². The fourth-order valence-electron chi connectivity index (χ4n) is 2.86. The van der Waals surface area contributed by atoms with Gasteiger partial charge in [-0.05, 0) is 56.2 Å². The van der Waals surface area contributed by atoms with Crippen molar-refractivity contribution in [3.05, 3.63) is 35.1 Å². The van der Waals surface area contributed by atoms with Gasteiger partial charge >= 0.3 is 0 Å². The van der Waals surface area contributed by atoms with E-state index in [0.717, 1.165) is 70.3 Å². The van der Waals surface area contributed by atoms with Crippen molar-refractivity contribution in [2.45, 2.75) is 39.7 Å². The van der Waals surface area contributed by atoms with Crippen molar-refractivity contribution in [2.24, 2.45) is 10.9 Å². The molecule has 27 heavy (non-hydrogen) atoms. The molecule has 0 radical (unpaired) electrons. The minimum Gasteiger partial charge on any atom is -0.381 e. The van der Waals surface area contributed by atoms with Crippen LogP contribution in [0.3, 0.4) is 0 Å². The summed E-state index contributed by atoms with van der Waals surface area (Å²) in [6.45, 7) is 9.26. The number of nitrogens with one attached hydrogen (secondary N) is 2. The average Bonchev–Trinajstić information content (AvgIpc) is 2.66. The Bertz CT molecular complexity index is 566. The predicted octanol–water partition coefficient (Wildman–Crippen LogP) is 3.64. The number of ether oxygens (including phenoxy) is 2. The highest BCUT2D eigenvalue weighted by Gasteiger charge is 2.13. The van der Waals surface area contributed by atoms with Crippen LogP contribution >= 0.6 is 24.0 Å². The molecular formula is C20H33FIN3O2. The molecular weight excluding hydrogens is 460 g/mol. The molecule has 1 aliphatic heterocycles. The third-order valence-electron chi connectivity index (χ3n) is 4.44. The van der Waals surface area contributed by atoms with E-state index in [4.69, 9.17) is 9.47 Å². The van der Waals surface area contributed by atoms with Crippen molar-refractivity contribution < 1.29 is 13.9 Å². The van der Waals surface area contributed by atoms with E-state index in [9.17, 15) is 4.39 Å². The maximum Gasteiger partial charge on any atom is 0.191 e. The summed E-state index contributed by atoms with van der Waals surface area (Å²) in [7, 11) is 0. The molecule has 1 aromatic carbocycles. The zero-order chi connectivity index (χ0) is 18.6. The van der Waals surface area contributed by atoms with Crippen LogP contribution in [-0.4, -0.2) is 45.5 Å². The SMILES string of the molecule is CCNC(=NCc1ccc(F)c(C)c1)NCCCOCC1CCOCC1.I. The van der Waals surface area contributed by atoms with Crippen molar-refractivity contribution in [1.82, 2.24) is 10.6 Å². The van der Waals surface area contributed by atoms with Crippen LogP contribution in [0.1, 0.15) is 37.3 Å². The van der Waals surface area contributed by atoms with Gasteiger partial charge in [-0.1, -0.05) is 12.1 Å². The van der Waals surface area contributed by atoms with Crippen LogP contribution < -0.4 is 10.6 Å². The lowest BCUT2D eigenvalue weighted by Crippen LogP contribution is -2.38. The summed E-state index contributed by atoms with van der Waals surface area (Å²) >= 11 is 0. The fraction of sp³-hybridized carbons (Fsp3) is 0.650. The highest BCUT2D eigenvalue weighted by atomic mass is 127. The van der Waals surface area contributed by atoms with Gasteiger partial charge in [0, 0.05) is 39.5 Å². The lowest BCUT2D eigenvalue weighted by molar-refractivity contribution is 0.0203. The Balaban J connectivity index is 0.00000364. The summed E-state index contributed by atoms with van der Waals surface area (Å²) in [6.07, 6.45) is 3.15. The zero-order valence-corrected chi connectivity index (χ0v) is 18.8. The lowest BCUT2D eigenvalue weighted by atomic mass is 10.0. The molecule has 0 amide bonds. The second-order valence-corrected chi connectivity index (χ2v) is 6.69. The number of benzene rings is 1. The van der Waals surface area contributed by atoms with Crippen LogP contribution in [0.15, 0.2) is 23.2 Å². The van der Waals surface area contributed by atoms with Crippen molar-refractivity contribution >= 4 is 29.9 Å². The van der Waals surface area contributed by atoms with E-state index >= 15 is 0 Å². The molecule has 2 rings (SSSR count). The molecule has 154 valence electrons. The molecule has 0 unspecified atom stereocenters. The van der Waals surface area contributed by atoms with E-state index in [1.807, 2.05) is 13.0 Å². The van der Waals surface area contributed by atoms with Gasteiger partial charge in [-0.2, -0.15) is 0 Å². The van der Waals surface area contributed by atoms with E-state index in [0.29, 0.717) is 18.0 Å². The first kappa shape index (κ1) is 24.1. The lowest BCUT2D eigenvalue weighted by Gasteiger charge is -2.21. The van der Waals surface area contributed by atoms with Crippen molar-refractivity contribution in [1.29, 1.82) is 0 Å². The van der Waals surface area contributed by atoms with Crippen LogP contribution in [0, 0.1) is 18.7 Å². The van der Waals surface area contributed by atoms with Crippen LogP contribution in [0.5, 0.6) is 0 Å². The smallest absolute Gasteiger partial charge is 0.191 e. The van der Waals surface area contributed by atoms with E-state index in [1.54, 1.807) is 13.0 Å². The summed E-state index contributed by atoms with van der Waals surface area (Å²) < 4.78 is 24.5. The standard InChI is InChI=1S/C20H32FN3O2.HI/c1-3-22-20(24-14-18-5-6-19(21)16(2)13-18)23-9-4-10-26-15-17-7-11-25-12-8-17;/h5-6,13,17H,3-4,7-12,14-15H2,1-2H3,(H2,22,23,24);1H. The number of guanidine groups is 1. The van der Waals surface area contributed by atoms with Gasteiger partial charge in [-0.3, -0.25) is 0 Å². The molecule has 2 N–H and O–H groups in total. The topological polar surface area (TPSA) is 54.9 Å². The van der Waals surface area contributed by atoms with Crippen molar-refractivity contribution in [2.75, 3.05) is 39.5 Å². The maximum atomic E-state index is 13.3. The number of aliphatic imine (C=N–C) groups is 1. The molecule has 7 heteroatoms. The Labute approximate surface area is 179 Å². The first-order chi connectivity index (χ1) is 12.7. The van der Waals surface area contributed by atoms with Crippen LogP contribution in [0.4, 0.5) is 4.39 Å². The van der Waals surface area contributed by atoms with Crippen molar-refractivity contribution in [3.63, 3.8) is 0 Å². The second kappa shape index (κ2) is 14.1. The molecule has 0 aliphatic carbocycles. The molecule has 0 saturated carbocycles. The predicted molar refractivity (Wildman–Crippen MR) is 118 cm³/mol. The Hall–Kier alpha value is -0.930. The summed E-state index contributed by atoms with van der Waals surface area (Å²) in [4.78, 5) is 4.56. The number of hydrogen-bond donors (Lipinski definition) is 2. The largest absolute Gasteiger partial charge is 0.381 e. The van der Waals surface area contributed by atoms with E-state index in [1.165, 1.54) is 6.07 Å². The minimum absolute atomic E-state index is 0. The summed E-state index contributed by atoms with van der Waals surface area (Å²) in [5, 5.41) is 6.55. The van der Waals surface area contributed by atoms with Gasteiger partial charge in [0.25, 0.3) is 0 Å². The Kier molecular flexibility index (Phi) is 12.6. The van der Waals surface area contributed by atoms with Crippen molar-refractivity contribution in [3.8, 4) is 0 Å². The zero-order valence-electron chi connectivity index (χ0n) is 16.4. The molecule has 1 heterocycles. The van der Waals surface area contributed by atoms with E-state index in [2.05, 4.69) is 15.6 Å². The number of rotatable bonds is 9. The highest BCUT2D eigenvalue weighted by Crippen LogP contribution is 2.14. The molecule has 1 fully saturated rings. The number of halogens is 2. The van der Waals surface area contributed by atoms with E-state index < -0.39 is 0 Å². The van der Waals surface area contributed by atoms with Crippen LogP contribution in [0.2, 0.25) is 0 Å². The first-order valence-electron chi connectivity index (χ1n) is 9.61. The molecule has 0 aromatic heterocycles. The van der Waals surface area contributed by atoms with Gasteiger partial charge in [-0.25, -0.2) is 9.38 Å². The Morgan fingerprint density at radius 3 is 2.78 bits per heavy atom. The molecule has 1 saturated heterocycles. The number of nitrogens with zero attached hydrogens (tertiary/aromatic N) is 1. The highest BCUT2D eigenvalue weighted by molar-refractivity contribution is 14.0. The summed E-state index contributed by atoms with van der Waals surface area (Å²) in [5.41, 5.74) is 1.65.